The Hall–Kier alpha value is -1.25. The van der Waals surface area contributed by atoms with Crippen LogP contribution in [0.4, 0.5) is 0 Å². The summed E-state index contributed by atoms with van der Waals surface area (Å²) in [7, 11) is -4.02. The lowest BCUT2D eigenvalue weighted by Crippen LogP contribution is -3.20. The summed E-state index contributed by atoms with van der Waals surface area (Å²) < 4.78 is 29.6. The Morgan fingerprint density at radius 3 is 2.10 bits per heavy atom. The maximum Gasteiger partial charge on any atom is 0.294 e. The molecule has 29 heavy (non-hydrogen) atoms. The highest BCUT2D eigenvalue weighted by Crippen LogP contribution is 2.25. The van der Waals surface area contributed by atoms with E-state index in [9.17, 15) is 13.6 Å². The molecule has 0 radical (unpaired) electrons. The van der Waals surface area contributed by atoms with E-state index in [0.717, 1.165) is 12.1 Å². The van der Waals surface area contributed by atoms with Crippen molar-refractivity contribution in [2.45, 2.75) is 88.7 Å². The maximum atomic E-state index is 12.3. The molecule has 1 aromatic rings. The molecule has 6 nitrogen and oxygen atoms in total. The van der Waals surface area contributed by atoms with E-state index in [1.165, 1.54) is 49.8 Å². The molecule has 164 valence electrons. The highest BCUT2D eigenvalue weighted by Gasteiger charge is 2.44. The summed E-state index contributed by atoms with van der Waals surface area (Å²) in [5.74, 6) is 0. The van der Waals surface area contributed by atoms with Gasteiger partial charge < -0.3 is 15.6 Å². The summed E-state index contributed by atoms with van der Waals surface area (Å²) in [5.41, 5.74) is 1.67. The predicted molar refractivity (Wildman–Crippen MR) is 116 cm³/mol. The van der Waals surface area contributed by atoms with E-state index in [-0.39, 0.29) is 16.0 Å². The quantitative estimate of drug-likeness (QED) is 0.392. The molecule has 1 heterocycles. The molecule has 0 aromatic heterocycles. The molecule has 0 bridgehead atoms. The van der Waals surface area contributed by atoms with Gasteiger partial charge in [-0.1, -0.05) is 37.0 Å². The van der Waals surface area contributed by atoms with Crippen LogP contribution in [0.1, 0.15) is 65.4 Å². The highest BCUT2D eigenvalue weighted by atomic mass is 32.2. The van der Waals surface area contributed by atoms with Gasteiger partial charge in [0, 0.05) is 18.2 Å². The van der Waals surface area contributed by atoms with Crippen LogP contribution in [0.25, 0.3) is 0 Å². The Bertz CT molecular complexity index is 808. The second kappa shape index (κ2) is 9.27. The molecule has 3 N–H and O–H groups in total. The summed E-state index contributed by atoms with van der Waals surface area (Å²) in [6.07, 6.45) is 8.87. The Morgan fingerprint density at radius 2 is 1.66 bits per heavy atom. The van der Waals surface area contributed by atoms with Gasteiger partial charge in [0.15, 0.2) is 0 Å². The van der Waals surface area contributed by atoms with E-state index < -0.39 is 10.1 Å². The van der Waals surface area contributed by atoms with Gasteiger partial charge in [-0.15, -0.1) is 0 Å². The van der Waals surface area contributed by atoms with Crippen molar-refractivity contribution >= 4 is 10.1 Å². The monoisotopic (exact) mass is 424 g/mol. The number of rotatable bonds is 4. The van der Waals surface area contributed by atoms with E-state index >= 15 is 0 Å². The molecule has 7 heteroatoms. The smallest absolute Gasteiger partial charge is 0.294 e. The van der Waals surface area contributed by atoms with Gasteiger partial charge >= 0.3 is 0 Å². The molecule has 0 saturated heterocycles. The highest BCUT2D eigenvalue weighted by molar-refractivity contribution is 7.85. The first-order chi connectivity index (χ1) is 13.3. The number of quaternary nitrogens is 1. The van der Waals surface area contributed by atoms with Crippen LogP contribution < -0.4 is 10.4 Å². The first-order valence-electron chi connectivity index (χ1n) is 10.4. The van der Waals surface area contributed by atoms with Gasteiger partial charge in [-0.25, -0.2) is 0 Å². The van der Waals surface area contributed by atoms with E-state index in [1.807, 2.05) is 20.8 Å². The van der Waals surface area contributed by atoms with E-state index in [0.29, 0.717) is 11.1 Å². The Morgan fingerprint density at radius 1 is 1.10 bits per heavy atom. The van der Waals surface area contributed by atoms with Gasteiger partial charge in [-0.3, -0.25) is 4.55 Å². The van der Waals surface area contributed by atoms with Crippen LogP contribution >= 0.6 is 0 Å². The Balaban J connectivity index is 0.000000234. The van der Waals surface area contributed by atoms with Crippen LogP contribution in [0.15, 0.2) is 40.8 Å². The van der Waals surface area contributed by atoms with Crippen molar-refractivity contribution in [1.29, 1.82) is 0 Å². The van der Waals surface area contributed by atoms with Crippen molar-refractivity contribution in [2.24, 2.45) is 0 Å². The fourth-order valence-electron chi connectivity index (χ4n) is 4.18. The second-order valence-electron chi connectivity index (χ2n) is 9.35. The van der Waals surface area contributed by atoms with Crippen LogP contribution in [-0.2, 0) is 10.1 Å². The van der Waals surface area contributed by atoms with Crippen molar-refractivity contribution in [2.75, 3.05) is 6.54 Å². The topological polar surface area (TPSA) is 93.9 Å². The van der Waals surface area contributed by atoms with Crippen molar-refractivity contribution in [1.82, 2.24) is 5.32 Å². The van der Waals surface area contributed by atoms with Gasteiger partial charge in [0.2, 0.25) is 0 Å². The molecule has 1 saturated carbocycles. The van der Waals surface area contributed by atoms with E-state index in [1.54, 1.807) is 12.1 Å². The number of hydrogen-bond acceptors (Lipinski definition) is 4. The maximum absolute atomic E-state index is 12.3. The standard InChI is InChI=1S/C15H28N2O.C7H8O3S/c1-14(2)10-12(15(3,4)17(14)18)11-16-13-8-6-5-7-9-13;1-6-2-4-7(5-3-6)11(8,9)10/h10,13,16-17H,5-9,11H2,1-4H3;2-5H,1H3,(H,8,9,10). The number of nitrogens with one attached hydrogen (secondary N) is 2. The largest absolute Gasteiger partial charge is 0.633 e. The average Bonchev–Trinajstić information content (AvgIpc) is 2.80. The third-order valence-corrected chi connectivity index (χ3v) is 6.86. The fourth-order valence-corrected chi connectivity index (χ4v) is 4.66. The van der Waals surface area contributed by atoms with Crippen LogP contribution in [0, 0.1) is 12.1 Å². The molecule has 1 fully saturated rings. The SMILES string of the molecule is CC1(C)C=C(CNC2CCCCC2)C(C)(C)[NH+]1[O-].Cc1ccc(S(=O)(=O)O)cc1. The summed E-state index contributed by atoms with van der Waals surface area (Å²) in [4.78, 5) is -0.0666. The summed E-state index contributed by atoms with van der Waals surface area (Å²) in [5, 5.41) is 16.3. The fraction of sp³-hybridized carbons (Fsp3) is 0.636. The normalized spacial score (nSPS) is 23.8. The molecule has 0 amide bonds. The third-order valence-electron chi connectivity index (χ3n) is 6.00. The van der Waals surface area contributed by atoms with Gasteiger partial charge in [0.25, 0.3) is 10.1 Å². The predicted octanol–water partition coefficient (Wildman–Crippen LogP) is 3.03. The molecule has 3 rings (SSSR count). The zero-order chi connectivity index (χ0) is 21.9. The molecular formula is C22H36N2O4S. The molecule has 1 aliphatic heterocycles. The number of benzene rings is 1. The first-order valence-corrected chi connectivity index (χ1v) is 11.8. The van der Waals surface area contributed by atoms with Gasteiger partial charge in [-0.2, -0.15) is 8.42 Å². The summed E-state index contributed by atoms with van der Waals surface area (Å²) in [6, 6.07) is 6.65. The molecular weight excluding hydrogens is 388 g/mol. The van der Waals surface area contributed by atoms with Crippen LogP contribution in [0.5, 0.6) is 0 Å². The zero-order valence-corrected chi connectivity index (χ0v) is 19.1. The third kappa shape index (κ3) is 6.36. The van der Waals surface area contributed by atoms with E-state index in [4.69, 9.17) is 4.55 Å². The van der Waals surface area contributed by atoms with Crippen molar-refractivity contribution < 1.29 is 18.0 Å². The molecule has 1 aliphatic carbocycles. The molecule has 2 aliphatic rings. The van der Waals surface area contributed by atoms with Crippen molar-refractivity contribution in [3.05, 3.63) is 46.7 Å². The molecule has 1 aromatic carbocycles. The minimum Gasteiger partial charge on any atom is -0.633 e. The Kier molecular flexibility index (Phi) is 7.68. The second-order valence-corrected chi connectivity index (χ2v) is 10.8. The molecule has 1 atom stereocenters. The number of hydrogen-bond donors (Lipinski definition) is 3. The van der Waals surface area contributed by atoms with Gasteiger partial charge in [0.05, 0.1) is 4.90 Å². The zero-order valence-electron chi connectivity index (χ0n) is 18.3. The van der Waals surface area contributed by atoms with Crippen molar-refractivity contribution in [3.63, 3.8) is 0 Å². The number of aryl methyl sites for hydroxylation is 1. The lowest BCUT2D eigenvalue weighted by molar-refractivity contribution is -0.927. The lowest BCUT2D eigenvalue weighted by Gasteiger charge is -2.42. The minimum absolute atomic E-state index is 0.0666. The van der Waals surface area contributed by atoms with Gasteiger partial charge in [0.1, 0.15) is 11.1 Å². The Labute approximate surface area is 175 Å². The van der Waals surface area contributed by atoms with E-state index in [2.05, 4.69) is 25.2 Å². The average molecular weight is 425 g/mol. The van der Waals surface area contributed by atoms with Crippen LogP contribution in [0.2, 0.25) is 0 Å². The molecule has 1 unspecified atom stereocenters. The summed E-state index contributed by atoms with van der Waals surface area (Å²) >= 11 is 0. The number of hydroxylamine groups is 2. The van der Waals surface area contributed by atoms with Crippen LogP contribution in [0.3, 0.4) is 0 Å². The molecule has 0 spiro atoms. The van der Waals surface area contributed by atoms with Crippen molar-refractivity contribution in [3.8, 4) is 0 Å². The first kappa shape index (κ1) is 24.0. The minimum atomic E-state index is -4.02. The lowest BCUT2D eigenvalue weighted by atomic mass is 9.93. The van der Waals surface area contributed by atoms with Gasteiger partial charge in [-0.05, 0) is 65.7 Å². The van der Waals surface area contributed by atoms with Crippen LogP contribution in [-0.4, -0.2) is 36.6 Å². The summed E-state index contributed by atoms with van der Waals surface area (Å²) in [6.45, 7) is 10.9.